The molecule has 1 aromatic rings. The number of allylic oxidation sites excluding steroid dienone is 1. The predicted octanol–water partition coefficient (Wildman–Crippen LogP) is 1.19. The Kier molecular flexibility index (Phi) is 3.41. The van der Waals surface area contributed by atoms with E-state index < -0.39 is 24.6 Å². The van der Waals surface area contributed by atoms with Crippen LogP contribution >= 0.6 is 0 Å². The first-order valence-corrected chi connectivity index (χ1v) is 4.34. The molecule has 0 saturated carbocycles. The second kappa shape index (κ2) is 4.42. The summed E-state index contributed by atoms with van der Waals surface area (Å²) in [6, 6.07) is 2.36. The molecule has 0 radical (unpaired) electrons. The van der Waals surface area contributed by atoms with E-state index in [0.29, 0.717) is 4.68 Å². The average Bonchev–Trinajstić information content (AvgIpc) is 2.19. The minimum atomic E-state index is -5.16. The molecular weight excluding hydrogens is 224 g/mol. The van der Waals surface area contributed by atoms with Gasteiger partial charge in [0.2, 0.25) is 5.88 Å². The molecule has 0 bridgehead atoms. The van der Waals surface area contributed by atoms with Crippen molar-refractivity contribution < 1.29 is 17.7 Å². The fraction of sp³-hybridized carbons (Fsp3) is 0.250. The van der Waals surface area contributed by atoms with Gasteiger partial charge in [0.25, 0.3) is 5.56 Å². The zero-order valence-electron chi connectivity index (χ0n) is 8.49. The quantitative estimate of drug-likeness (QED) is 0.733. The topological polar surface area (TPSA) is 44.1 Å². The molecule has 0 amide bonds. The minimum Gasteiger partial charge on any atom is -0.480 e. The van der Waals surface area contributed by atoms with E-state index >= 15 is 0 Å². The lowest BCUT2D eigenvalue weighted by Crippen LogP contribution is -2.29. The number of hydrogen-bond acceptors (Lipinski definition) is 3. The van der Waals surface area contributed by atoms with E-state index in [1.165, 1.54) is 13.2 Å². The van der Waals surface area contributed by atoms with Gasteiger partial charge >= 0.3 is 6.98 Å². The molecule has 0 aliphatic heterocycles. The van der Waals surface area contributed by atoms with Crippen molar-refractivity contribution in [2.75, 3.05) is 7.11 Å². The van der Waals surface area contributed by atoms with E-state index in [-0.39, 0.29) is 5.88 Å². The highest BCUT2D eigenvalue weighted by atomic mass is 19.4. The Bertz CT molecular complexity index is 455. The number of ether oxygens (including phenoxy) is 1. The van der Waals surface area contributed by atoms with E-state index in [2.05, 4.69) is 11.7 Å². The second-order valence-electron chi connectivity index (χ2n) is 3.10. The average molecular weight is 233 g/mol. The van der Waals surface area contributed by atoms with Crippen LogP contribution in [0.5, 0.6) is 5.88 Å². The van der Waals surface area contributed by atoms with Crippen LogP contribution in [0, 0.1) is 0 Å². The Balaban J connectivity index is 2.97. The summed E-state index contributed by atoms with van der Waals surface area (Å²) in [5.41, 5.74) is -1.62. The summed E-state index contributed by atoms with van der Waals surface area (Å²) in [5, 5.41) is 3.58. The van der Waals surface area contributed by atoms with Gasteiger partial charge in [-0.15, -0.1) is 17.2 Å². The zero-order chi connectivity index (χ0) is 12.3. The number of rotatable bonds is 4. The van der Waals surface area contributed by atoms with Crippen molar-refractivity contribution in [3.63, 3.8) is 0 Å². The van der Waals surface area contributed by atoms with Crippen LogP contribution < -0.4 is 10.3 Å². The van der Waals surface area contributed by atoms with Gasteiger partial charge in [0.15, 0.2) is 0 Å². The normalized spacial score (nSPS) is 11.2. The van der Waals surface area contributed by atoms with Crippen molar-refractivity contribution in [3.8, 4) is 5.88 Å². The van der Waals surface area contributed by atoms with E-state index in [1.807, 2.05) is 0 Å². The first-order valence-electron chi connectivity index (χ1n) is 4.34. The van der Waals surface area contributed by atoms with Crippen molar-refractivity contribution in [2.24, 2.45) is 0 Å². The molecule has 0 N–H and O–H groups in total. The molecule has 1 heterocycles. The largest absolute Gasteiger partial charge is 0.506 e. The molecule has 88 valence electrons. The third-order valence-electron chi connectivity index (χ3n) is 1.87. The summed E-state index contributed by atoms with van der Waals surface area (Å²) >= 11 is 0. The van der Waals surface area contributed by atoms with Gasteiger partial charge in [-0.3, -0.25) is 4.79 Å². The van der Waals surface area contributed by atoms with Crippen molar-refractivity contribution in [1.29, 1.82) is 0 Å². The van der Waals surface area contributed by atoms with Crippen LogP contribution in [0.15, 0.2) is 29.0 Å². The number of halogens is 3. The van der Waals surface area contributed by atoms with Gasteiger partial charge in [-0.25, -0.2) is 4.68 Å². The van der Waals surface area contributed by atoms with Crippen molar-refractivity contribution in [3.05, 3.63) is 34.5 Å². The standard InChI is InChI=1S/C8H9BF3N2O2/c1-6(9(10,11)12)5-14-8(15)4-3-7(13-14)16-2/h3-4H,1,5H2,2H3/q-1. The molecule has 0 aromatic carbocycles. The molecule has 8 heteroatoms. The van der Waals surface area contributed by atoms with E-state index in [1.54, 1.807) is 0 Å². The van der Waals surface area contributed by atoms with Crippen LogP contribution in [-0.4, -0.2) is 23.9 Å². The van der Waals surface area contributed by atoms with Gasteiger partial charge in [-0.2, -0.15) is 0 Å². The summed E-state index contributed by atoms with van der Waals surface area (Å²) in [6.45, 7) is -2.96. The molecule has 16 heavy (non-hydrogen) atoms. The predicted molar refractivity (Wildman–Crippen MR) is 53.3 cm³/mol. The maximum atomic E-state index is 12.2. The van der Waals surface area contributed by atoms with Gasteiger partial charge in [0.05, 0.1) is 7.11 Å². The molecule has 0 atom stereocenters. The van der Waals surface area contributed by atoms with Crippen molar-refractivity contribution >= 4 is 6.98 Å². The Morgan fingerprint density at radius 1 is 1.56 bits per heavy atom. The van der Waals surface area contributed by atoms with Crippen molar-refractivity contribution in [1.82, 2.24) is 9.78 Å². The summed E-state index contributed by atoms with van der Waals surface area (Å²) in [6.07, 6.45) is 0. The first-order chi connectivity index (χ1) is 7.34. The Hall–Kier alpha value is -1.73. The highest BCUT2D eigenvalue weighted by Crippen LogP contribution is 2.18. The highest BCUT2D eigenvalue weighted by Gasteiger charge is 2.27. The Morgan fingerprint density at radius 2 is 2.19 bits per heavy atom. The van der Waals surface area contributed by atoms with E-state index in [9.17, 15) is 17.7 Å². The molecule has 1 rings (SSSR count). The lowest BCUT2D eigenvalue weighted by molar-refractivity contribution is 0.377. The summed E-state index contributed by atoms with van der Waals surface area (Å²) in [4.78, 5) is 11.2. The van der Waals surface area contributed by atoms with Gasteiger partial charge in [0, 0.05) is 18.7 Å². The third kappa shape index (κ3) is 2.88. The van der Waals surface area contributed by atoms with E-state index in [0.717, 1.165) is 6.07 Å². The smallest absolute Gasteiger partial charge is 0.480 e. The summed E-state index contributed by atoms with van der Waals surface area (Å²) in [5.74, 6) is 0.0714. The second-order valence-corrected chi connectivity index (χ2v) is 3.10. The maximum Gasteiger partial charge on any atom is 0.506 e. The number of nitrogens with zero attached hydrogens (tertiary/aromatic N) is 2. The fourth-order valence-electron chi connectivity index (χ4n) is 0.948. The minimum absolute atomic E-state index is 0.0714. The van der Waals surface area contributed by atoms with Crippen LogP contribution in [0.25, 0.3) is 0 Å². The molecule has 4 nitrogen and oxygen atoms in total. The van der Waals surface area contributed by atoms with E-state index in [4.69, 9.17) is 4.74 Å². The van der Waals surface area contributed by atoms with Gasteiger partial charge in [-0.05, 0) is 0 Å². The van der Waals surface area contributed by atoms with Gasteiger partial charge in [0.1, 0.15) is 0 Å². The molecule has 1 aromatic heterocycles. The molecular formula is C8H9BF3N2O2-. The number of aromatic nitrogens is 2. The summed E-state index contributed by atoms with van der Waals surface area (Å²) < 4.78 is 42.1. The van der Waals surface area contributed by atoms with Crippen LogP contribution in [0.2, 0.25) is 0 Å². The molecule has 0 saturated heterocycles. The lowest BCUT2D eigenvalue weighted by Gasteiger charge is -2.18. The fourth-order valence-corrected chi connectivity index (χ4v) is 0.948. The SMILES string of the molecule is C=C(Cn1nc(OC)ccc1=O)[B-](F)(F)F. The summed E-state index contributed by atoms with van der Waals surface area (Å²) in [7, 11) is 1.31. The number of methoxy groups -OCH3 is 1. The van der Waals surface area contributed by atoms with Crippen LogP contribution in [0.1, 0.15) is 0 Å². The molecule has 0 aliphatic carbocycles. The number of hydrogen-bond donors (Lipinski definition) is 0. The third-order valence-corrected chi connectivity index (χ3v) is 1.87. The Labute approximate surface area is 89.4 Å². The Morgan fingerprint density at radius 3 is 2.69 bits per heavy atom. The molecule has 0 fully saturated rings. The zero-order valence-corrected chi connectivity index (χ0v) is 8.49. The molecule has 0 spiro atoms. The monoisotopic (exact) mass is 233 g/mol. The van der Waals surface area contributed by atoms with Gasteiger partial charge < -0.3 is 17.7 Å². The molecule has 0 aliphatic rings. The first kappa shape index (κ1) is 12.3. The highest BCUT2D eigenvalue weighted by molar-refractivity contribution is 6.66. The van der Waals surface area contributed by atoms with Crippen LogP contribution in [0.4, 0.5) is 12.9 Å². The van der Waals surface area contributed by atoms with Gasteiger partial charge in [-0.1, -0.05) is 0 Å². The van der Waals surface area contributed by atoms with Crippen LogP contribution in [0.3, 0.4) is 0 Å². The lowest BCUT2D eigenvalue weighted by atomic mass is 9.80. The van der Waals surface area contributed by atoms with Crippen molar-refractivity contribution in [2.45, 2.75) is 6.54 Å². The maximum absolute atomic E-state index is 12.2. The molecule has 0 unspecified atom stereocenters. The van der Waals surface area contributed by atoms with Crippen LogP contribution in [-0.2, 0) is 6.54 Å².